The van der Waals surface area contributed by atoms with Crippen LogP contribution in [0.15, 0.2) is 24.4 Å². The monoisotopic (exact) mass is 242 g/mol. The number of carbonyl (C=O) groups excluding carboxylic acids is 1. The first-order valence-corrected chi connectivity index (χ1v) is 5.96. The maximum absolute atomic E-state index is 12.0. The fourth-order valence-electron chi connectivity index (χ4n) is 2.29. The van der Waals surface area contributed by atoms with Gasteiger partial charge in [-0.2, -0.15) is 5.10 Å². The van der Waals surface area contributed by atoms with E-state index < -0.39 is 0 Å². The first-order valence-electron chi connectivity index (χ1n) is 5.96. The van der Waals surface area contributed by atoms with E-state index in [2.05, 4.69) is 15.5 Å². The summed E-state index contributed by atoms with van der Waals surface area (Å²) in [7, 11) is 0. The second kappa shape index (κ2) is 4.18. The SMILES string of the molecule is Nc1cn[nH]c1NC(=O)c1ccc2c(c1)CCC2. The zero-order valence-corrected chi connectivity index (χ0v) is 9.86. The minimum Gasteiger partial charge on any atom is -0.394 e. The molecule has 4 N–H and O–H groups in total. The highest BCUT2D eigenvalue weighted by Crippen LogP contribution is 2.23. The summed E-state index contributed by atoms with van der Waals surface area (Å²) in [5.74, 6) is 0.279. The third-order valence-electron chi connectivity index (χ3n) is 3.27. The standard InChI is InChI=1S/C13H14N4O/c14-11-7-15-17-12(11)16-13(18)10-5-4-8-2-1-3-9(8)6-10/h4-7H,1-3,14H2,(H2,15,16,17,18). The molecule has 1 aliphatic rings. The Labute approximate surface area is 104 Å². The maximum Gasteiger partial charge on any atom is 0.256 e. The van der Waals surface area contributed by atoms with Gasteiger partial charge in [-0.3, -0.25) is 9.89 Å². The summed E-state index contributed by atoms with van der Waals surface area (Å²) < 4.78 is 0. The van der Waals surface area contributed by atoms with Gasteiger partial charge in [0.25, 0.3) is 5.91 Å². The molecule has 1 heterocycles. The highest BCUT2D eigenvalue weighted by Gasteiger charge is 2.14. The number of benzene rings is 1. The minimum absolute atomic E-state index is 0.166. The largest absolute Gasteiger partial charge is 0.394 e. The number of nitrogens with zero attached hydrogens (tertiary/aromatic N) is 1. The number of nitrogens with two attached hydrogens (primary N) is 1. The fourth-order valence-corrected chi connectivity index (χ4v) is 2.29. The quantitative estimate of drug-likeness (QED) is 0.749. The molecule has 18 heavy (non-hydrogen) atoms. The summed E-state index contributed by atoms with van der Waals surface area (Å²) in [6.45, 7) is 0. The average molecular weight is 242 g/mol. The maximum atomic E-state index is 12.0. The van der Waals surface area contributed by atoms with E-state index >= 15 is 0 Å². The molecule has 0 saturated heterocycles. The number of hydrogen-bond acceptors (Lipinski definition) is 3. The third-order valence-corrected chi connectivity index (χ3v) is 3.27. The number of nitrogens with one attached hydrogen (secondary N) is 2. The summed E-state index contributed by atoms with van der Waals surface area (Å²) in [6, 6.07) is 5.85. The molecule has 2 aromatic rings. The van der Waals surface area contributed by atoms with Crippen LogP contribution in [0.2, 0.25) is 0 Å². The summed E-state index contributed by atoms with van der Waals surface area (Å²) >= 11 is 0. The van der Waals surface area contributed by atoms with Crippen molar-refractivity contribution >= 4 is 17.4 Å². The topological polar surface area (TPSA) is 83.8 Å². The predicted molar refractivity (Wildman–Crippen MR) is 69.4 cm³/mol. The van der Waals surface area contributed by atoms with Gasteiger partial charge in [0.1, 0.15) is 0 Å². The number of amides is 1. The molecule has 92 valence electrons. The Morgan fingerprint density at radius 1 is 1.33 bits per heavy atom. The van der Waals surface area contributed by atoms with Gasteiger partial charge in [-0.05, 0) is 42.5 Å². The number of hydrogen-bond donors (Lipinski definition) is 3. The lowest BCUT2D eigenvalue weighted by molar-refractivity contribution is 0.102. The van der Waals surface area contributed by atoms with Crippen LogP contribution < -0.4 is 11.1 Å². The van der Waals surface area contributed by atoms with Gasteiger partial charge < -0.3 is 11.1 Å². The van der Waals surface area contributed by atoms with Crippen LogP contribution in [0.25, 0.3) is 0 Å². The molecule has 1 aliphatic carbocycles. The Bertz CT molecular complexity index is 603. The van der Waals surface area contributed by atoms with Crippen LogP contribution in [0.3, 0.4) is 0 Å². The summed E-state index contributed by atoms with van der Waals surface area (Å²) in [5, 5.41) is 9.13. The van der Waals surface area contributed by atoms with Crippen LogP contribution in [0, 0.1) is 0 Å². The van der Waals surface area contributed by atoms with E-state index in [9.17, 15) is 4.79 Å². The lowest BCUT2D eigenvalue weighted by atomic mass is 10.1. The molecule has 1 aromatic carbocycles. The third kappa shape index (κ3) is 1.84. The fraction of sp³-hybridized carbons (Fsp3) is 0.231. The number of carbonyl (C=O) groups is 1. The van der Waals surface area contributed by atoms with Crippen molar-refractivity contribution in [2.24, 2.45) is 0 Å². The predicted octanol–water partition coefficient (Wildman–Crippen LogP) is 1.73. The van der Waals surface area contributed by atoms with Crippen molar-refractivity contribution in [2.45, 2.75) is 19.3 Å². The summed E-state index contributed by atoms with van der Waals surface area (Å²) in [5.41, 5.74) is 9.37. The second-order valence-corrected chi connectivity index (χ2v) is 4.49. The van der Waals surface area contributed by atoms with Crippen LogP contribution in [0.1, 0.15) is 27.9 Å². The van der Waals surface area contributed by atoms with Crippen LogP contribution in [-0.2, 0) is 12.8 Å². The Kier molecular flexibility index (Phi) is 2.51. The molecule has 5 nitrogen and oxygen atoms in total. The first-order chi connectivity index (χ1) is 8.74. The molecule has 0 saturated carbocycles. The molecule has 0 spiro atoms. The van der Waals surface area contributed by atoms with Gasteiger partial charge in [0.05, 0.1) is 11.9 Å². The Morgan fingerprint density at radius 3 is 2.94 bits per heavy atom. The number of rotatable bonds is 2. The van der Waals surface area contributed by atoms with E-state index in [-0.39, 0.29) is 5.91 Å². The van der Waals surface area contributed by atoms with E-state index in [1.807, 2.05) is 18.2 Å². The van der Waals surface area contributed by atoms with Crippen molar-refractivity contribution in [2.75, 3.05) is 11.1 Å². The van der Waals surface area contributed by atoms with Crippen molar-refractivity contribution in [1.29, 1.82) is 0 Å². The van der Waals surface area contributed by atoms with Gasteiger partial charge in [-0.1, -0.05) is 6.07 Å². The summed E-state index contributed by atoms with van der Waals surface area (Å²) in [4.78, 5) is 12.0. The molecule has 5 heteroatoms. The lowest BCUT2D eigenvalue weighted by Gasteiger charge is -2.06. The number of aryl methyl sites for hydroxylation is 2. The Balaban J connectivity index is 1.83. The van der Waals surface area contributed by atoms with E-state index in [1.54, 1.807) is 0 Å². The number of H-pyrrole nitrogens is 1. The van der Waals surface area contributed by atoms with Gasteiger partial charge in [-0.25, -0.2) is 0 Å². The summed E-state index contributed by atoms with van der Waals surface area (Å²) in [6.07, 6.45) is 4.82. The molecular weight excluding hydrogens is 228 g/mol. The van der Waals surface area contributed by atoms with Crippen molar-refractivity contribution in [3.63, 3.8) is 0 Å². The van der Waals surface area contributed by atoms with Crippen molar-refractivity contribution in [3.8, 4) is 0 Å². The van der Waals surface area contributed by atoms with Gasteiger partial charge in [0.2, 0.25) is 0 Å². The highest BCUT2D eigenvalue weighted by atomic mass is 16.1. The number of fused-ring (bicyclic) bond motifs is 1. The molecule has 0 aliphatic heterocycles. The number of nitrogen functional groups attached to an aromatic ring is 1. The van der Waals surface area contributed by atoms with Crippen LogP contribution >= 0.6 is 0 Å². The van der Waals surface area contributed by atoms with Crippen molar-refractivity contribution in [1.82, 2.24) is 10.2 Å². The van der Waals surface area contributed by atoms with Crippen LogP contribution in [-0.4, -0.2) is 16.1 Å². The Hall–Kier alpha value is -2.30. The van der Waals surface area contributed by atoms with Gasteiger partial charge in [-0.15, -0.1) is 0 Å². The van der Waals surface area contributed by atoms with E-state index in [0.717, 1.165) is 12.8 Å². The molecule has 1 amide bonds. The molecule has 0 bridgehead atoms. The Morgan fingerprint density at radius 2 is 2.17 bits per heavy atom. The van der Waals surface area contributed by atoms with Crippen molar-refractivity contribution in [3.05, 3.63) is 41.1 Å². The molecule has 3 rings (SSSR count). The van der Waals surface area contributed by atoms with E-state index in [4.69, 9.17) is 5.73 Å². The molecule has 0 fully saturated rings. The molecule has 0 atom stereocenters. The molecule has 0 radical (unpaired) electrons. The molecule has 0 unspecified atom stereocenters. The average Bonchev–Trinajstić information content (AvgIpc) is 2.98. The van der Waals surface area contributed by atoms with E-state index in [0.29, 0.717) is 17.1 Å². The zero-order chi connectivity index (χ0) is 12.5. The zero-order valence-electron chi connectivity index (χ0n) is 9.86. The first kappa shape index (κ1) is 10.8. The van der Waals surface area contributed by atoms with Gasteiger partial charge in [0, 0.05) is 5.56 Å². The second-order valence-electron chi connectivity index (χ2n) is 4.49. The van der Waals surface area contributed by atoms with Crippen molar-refractivity contribution < 1.29 is 4.79 Å². The van der Waals surface area contributed by atoms with Gasteiger partial charge >= 0.3 is 0 Å². The smallest absolute Gasteiger partial charge is 0.256 e. The number of anilines is 2. The van der Waals surface area contributed by atoms with Gasteiger partial charge in [0.15, 0.2) is 5.82 Å². The van der Waals surface area contributed by atoms with E-state index in [1.165, 1.54) is 23.7 Å². The lowest BCUT2D eigenvalue weighted by Crippen LogP contribution is -2.13. The molecular formula is C13H14N4O. The minimum atomic E-state index is -0.166. The normalized spacial score (nSPS) is 13.3. The number of aromatic amines is 1. The van der Waals surface area contributed by atoms with Crippen LogP contribution in [0.4, 0.5) is 11.5 Å². The number of aromatic nitrogens is 2. The highest BCUT2D eigenvalue weighted by molar-refractivity contribution is 6.05. The molecule has 1 aromatic heterocycles. The van der Waals surface area contributed by atoms with Crippen LogP contribution in [0.5, 0.6) is 0 Å².